The number of nitrogens with zero attached hydrogens (tertiary/aromatic N) is 2. The van der Waals surface area contributed by atoms with E-state index in [1.54, 1.807) is 18.2 Å². The number of likely N-dealkylation sites (N-methyl/N-ethyl adjacent to an activating group) is 1. The summed E-state index contributed by atoms with van der Waals surface area (Å²) in [5.74, 6) is 0.0221. The monoisotopic (exact) mass is 448 g/mol. The van der Waals surface area contributed by atoms with Crippen molar-refractivity contribution < 1.29 is 14.3 Å². The molecule has 2 aliphatic rings. The maximum atomic E-state index is 13.3. The maximum Gasteiger partial charge on any atom is 0.327 e. The van der Waals surface area contributed by atoms with Gasteiger partial charge in [0.05, 0.1) is 6.42 Å². The molecule has 0 aromatic heterocycles. The smallest absolute Gasteiger partial charge is 0.327 e. The molecule has 2 aliphatic heterocycles. The van der Waals surface area contributed by atoms with E-state index in [0.717, 1.165) is 30.8 Å². The van der Waals surface area contributed by atoms with Crippen LogP contribution in [0.1, 0.15) is 30.0 Å². The number of rotatable bonds is 4. The molecule has 0 aliphatic carbocycles. The minimum absolute atomic E-state index is 0. The third-order valence-electron chi connectivity index (χ3n) is 6.09. The Morgan fingerprint density at radius 1 is 1.10 bits per heavy atom. The highest BCUT2D eigenvalue weighted by atomic mass is 35.5. The van der Waals surface area contributed by atoms with Gasteiger partial charge >= 0.3 is 5.97 Å². The number of amides is 1. The average Bonchev–Trinajstić information content (AvgIpc) is 3.00. The van der Waals surface area contributed by atoms with E-state index in [2.05, 4.69) is 11.8 Å². The maximum absolute atomic E-state index is 13.3. The summed E-state index contributed by atoms with van der Waals surface area (Å²) in [6, 6.07) is 12.9. The Kier molecular flexibility index (Phi) is 6.75. The standard InChI is InChI=1S/C23H25ClN2O3.ClH/c1-3-25-10-12-26(13-11-25)21(27)15-23(17-6-4-16(2)5-7-17)19-14-18(24)8-9-20(19)29-22(23)28;/h4-9,14H,3,10-13,15H2,1-2H3;1H. The lowest BCUT2D eigenvalue weighted by Crippen LogP contribution is -2.50. The highest BCUT2D eigenvalue weighted by Gasteiger charge is 2.52. The van der Waals surface area contributed by atoms with Crippen molar-refractivity contribution in [2.75, 3.05) is 32.7 Å². The number of halogens is 2. The molecule has 0 bridgehead atoms. The predicted molar refractivity (Wildman–Crippen MR) is 120 cm³/mol. The van der Waals surface area contributed by atoms with Crippen LogP contribution >= 0.6 is 24.0 Å². The van der Waals surface area contributed by atoms with Crippen LogP contribution in [0.15, 0.2) is 42.5 Å². The zero-order valence-electron chi connectivity index (χ0n) is 17.2. The lowest BCUT2D eigenvalue weighted by atomic mass is 9.72. The normalized spacial score (nSPS) is 21.0. The third-order valence-corrected chi connectivity index (χ3v) is 6.32. The molecule has 0 radical (unpaired) electrons. The zero-order chi connectivity index (χ0) is 20.6. The summed E-state index contributed by atoms with van der Waals surface area (Å²) < 4.78 is 5.61. The van der Waals surface area contributed by atoms with Crippen LogP contribution in [-0.4, -0.2) is 54.4 Å². The molecular formula is C23H26Cl2N2O3. The number of fused-ring (bicyclic) bond motifs is 1. The van der Waals surface area contributed by atoms with Crippen molar-refractivity contribution in [1.29, 1.82) is 0 Å². The van der Waals surface area contributed by atoms with Crippen molar-refractivity contribution in [3.63, 3.8) is 0 Å². The van der Waals surface area contributed by atoms with Crippen LogP contribution in [0.25, 0.3) is 0 Å². The molecule has 30 heavy (non-hydrogen) atoms. The molecule has 1 unspecified atom stereocenters. The van der Waals surface area contributed by atoms with Gasteiger partial charge in [-0.25, -0.2) is 0 Å². The van der Waals surface area contributed by atoms with Gasteiger partial charge in [-0.15, -0.1) is 12.4 Å². The van der Waals surface area contributed by atoms with E-state index in [1.807, 2.05) is 36.1 Å². The highest BCUT2D eigenvalue weighted by Crippen LogP contribution is 2.48. The van der Waals surface area contributed by atoms with Crippen molar-refractivity contribution in [2.24, 2.45) is 0 Å². The first-order valence-electron chi connectivity index (χ1n) is 10.0. The van der Waals surface area contributed by atoms with Gasteiger partial charge in [-0.2, -0.15) is 0 Å². The quantitative estimate of drug-likeness (QED) is 0.526. The molecule has 4 rings (SSSR count). The van der Waals surface area contributed by atoms with Gasteiger partial charge in [-0.3, -0.25) is 9.59 Å². The molecule has 2 aromatic carbocycles. The molecule has 0 N–H and O–H groups in total. The summed E-state index contributed by atoms with van der Waals surface area (Å²) in [5, 5.41) is 0.516. The fourth-order valence-electron chi connectivity index (χ4n) is 4.25. The van der Waals surface area contributed by atoms with Gasteiger partial charge in [0.25, 0.3) is 0 Å². The fraction of sp³-hybridized carbons (Fsp3) is 0.391. The largest absolute Gasteiger partial charge is 0.425 e. The van der Waals surface area contributed by atoms with Crippen molar-refractivity contribution in [3.05, 3.63) is 64.2 Å². The van der Waals surface area contributed by atoms with E-state index in [-0.39, 0.29) is 24.7 Å². The number of ether oxygens (including phenoxy) is 1. The number of esters is 1. The van der Waals surface area contributed by atoms with E-state index < -0.39 is 11.4 Å². The summed E-state index contributed by atoms with van der Waals surface area (Å²) in [6.07, 6.45) is 0.0361. The number of hydrogen-bond acceptors (Lipinski definition) is 4. The van der Waals surface area contributed by atoms with Crippen LogP contribution in [0.4, 0.5) is 0 Å². The summed E-state index contributed by atoms with van der Waals surface area (Å²) >= 11 is 6.26. The van der Waals surface area contributed by atoms with Gasteiger partial charge in [0.15, 0.2) is 0 Å². The molecule has 1 amide bonds. The molecule has 1 fully saturated rings. The Bertz CT molecular complexity index is 940. The molecule has 0 spiro atoms. The van der Waals surface area contributed by atoms with Gasteiger partial charge < -0.3 is 14.5 Å². The second kappa shape index (κ2) is 8.96. The Balaban J connectivity index is 0.00000256. The fourth-order valence-corrected chi connectivity index (χ4v) is 4.43. The molecule has 7 heteroatoms. The van der Waals surface area contributed by atoms with Crippen molar-refractivity contribution >= 4 is 35.9 Å². The number of hydrogen-bond donors (Lipinski definition) is 0. The van der Waals surface area contributed by atoms with Crippen LogP contribution in [0, 0.1) is 6.92 Å². The first-order valence-corrected chi connectivity index (χ1v) is 10.4. The van der Waals surface area contributed by atoms with Gasteiger partial charge in [0, 0.05) is 36.8 Å². The molecule has 2 heterocycles. The van der Waals surface area contributed by atoms with Gasteiger partial charge in [-0.1, -0.05) is 48.4 Å². The summed E-state index contributed by atoms with van der Waals surface area (Å²) in [6.45, 7) is 8.15. The zero-order valence-corrected chi connectivity index (χ0v) is 18.8. The second-order valence-electron chi connectivity index (χ2n) is 7.79. The van der Waals surface area contributed by atoms with Crippen molar-refractivity contribution in [2.45, 2.75) is 25.7 Å². The Labute approximate surface area is 188 Å². The lowest BCUT2D eigenvalue weighted by Gasteiger charge is -2.36. The Morgan fingerprint density at radius 2 is 1.77 bits per heavy atom. The van der Waals surface area contributed by atoms with E-state index in [0.29, 0.717) is 29.4 Å². The molecule has 5 nitrogen and oxygen atoms in total. The SMILES string of the molecule is CCN1CCN(C(=O)CC2(c3ccc(C)cc3)C(=O)Oc3ccc(Cl)cc32)CC1.Cl. The number of piperazine rings is 1. The van der Waals surface area contributed by atoms with E-state index in [1.165, 1.54) is 0 Å². The van der Waals surface area contributed by atoms with Crippen LogP contribution in [0.5, 0.6) is 5.75 Å². The second-order valence-corrected chi connectivity index (χ2v) is 8.23. The molecule has 1 atom stereocenters. The molecule has 1 saturated heterocycles. The van der Waals surface area contributed by atoms with Crippen LogP contribution in [0.2, 0.25) is 5.02 Å². The summed E-state index contributed by atoms with van der Waals surface area (Å²) in [5.41, 5.74) is 1.34. The summed E-state index contributed by atoms with van der Waals surface area (Å²) in [7, 11) is 0. The number of carbonyl (C=O) groups excluding carboxylic acids is 2. The van der Waals surface area contributed by atoms with Crippen LogP contribution in [0.3, 0.4) is 0 Å². The topological polar surface area (TPSA) is 49.9 Å². The van der Waals surface area contributed by atoms with Gasteiger partial charge in [0.2, 0.25) is 5.91 Å². The van der Waals surface area contributed by atoms with Crippen molar-refractivity contribution in [1.82, 2.24) is 9.80 Å². The van der Waals surface area contributed by atoms with E-state index in [9.17, 15) is 9.59 Å². The van der Waals surface area contributed by atoms with Gasteiger partial charge in [0.1, 0.15) is 11.2 Å². The Hall–Kier alpha value is -2.08. The molecule has 0 saturated carbocycles. The minimum Gasteiger partial charge on any atom is -0.425 e. The lowest BCUT2D eigenvalue weighted by molar-refractivity contribution is -0.142. The summed E-state index contributed by atoms with van der Waals surface area (Å²) in [4.78, 5) is 30.7. The number of carbonyl (C=O) groups is 2. The first kappa shape index (κ1) is 22.6. The molecule has 160 valence electrons. The van der Waals surface area contributed by atoms with Crippen molar-refractivity contribution in [3.8, 4) is 5.75 Å². The predicted octanol–water partition coefficient (Wildman–Crippen LogP) is 3.83. The number of aryl methyl sites for hydroxylation is 1. The van der Waals surface area contributed by atoms with Crippen LogP contribution in [-0.2, 0) is 15.0 Å². The van der Waals surface area contributed by atoms with E-state index >= 15 is 0 Å². The van der Waals surface area contributed by atoms with Crippen LogP contribution < -0.4 is 4.74 Å². The average molecular weight is 449 g/mol. The van der Waals surface area contributed by atoms with Gasteiger partial charge in [-0.05, 0) is 37.2 Å². The first-order chi connectivity index (χ1) is 13.9. The molecular weight excluding hydrogens is 423 g/mol. The third kappa shape index (κ3) is 3.94. The highest BCUT2D eigenvalue weighted by molar-refractivity contribution is 6.30. The Morgan fingerprint density at radius 3 is 2.40 bits per heavy atom. The number of benzene rings is 2. The van der Waals surface area contributed by atoms with E-state index in [4.69, 9.17) is 16.3 Å². The molecule has 2 aromatic rings. The minimum atomic E-state index is -1.17.